The van der Waals surface area contributed by atoms with Gasteiger partial charge in [-0.25, -0.2) is 0 Å². The van der Waals surface area contributed by atoms with E-state index in [0.29, 0.717) is 0 Å². The molecule has 0 radical (unpaired) electrons. The first-order chi connectivity index (χ1) is 10.3. The number of hydrogen-bond donors (Lipinski definition) is 1. The maximum absolute atomic E-state index is 3.54. The summed E-state index contributed by atoms with van der Waals surface area (Å²) < 4.78 is 5.61. The zero-order valence-electron chi connectivity index (χ0n) is 14.4. The largest absolute Gasteiger partial charge is 0.315 e. The summed E-state index contributed by atoms with van der Waals surface area (Å²) in [4.78, 5) is 2.67. The van der Waals surface area contributed by atoms with Crippen molar-refractivity contribution in [2.75, 3.05) is 52.4 Å². The molecular weight excluding hydrogens is 279 g/mol. The van der Waals surface area contributed by atoms with Crippen LogP contribution < -0.4 is 5.32 Å². The second kappa shape index (κ2) is 9.42. The van der Waals surface area contributed by atoms with Gasteiger partial charge in [-0.05, 0) is 25.8 Å². The summed E-state index contributed by atoms with van der Waals surface area (Å²) in [7, 11) is 0.0794. The summed E-state index contributed by atoms with van der Waals surface area (Å²) in [6.07, 6.45) is 5.28. The van der Waals surface area contributed by atoms with Crippen molar-refractivity contribution in [3.63, 3.8) is 0 Å². The Morgan fingerprint density at radius 2 is 1.71 bits per heavy atom. The smallest absolute Gasteiger partial charge is 0.0618 e. The molecule has 5 heteroatoms. The summed E-state index contributed by atoms with van der Waals surface area (Å²) >= 11 is 0. The third kappa shape index (κ3) is 5.14. The van der Waals surface area contributed by atoms with Crippen LogP contribution in [-0.4, -0.2) is 72.4 Å². The molecule has 3 atom stereocenters. The Hall–Kier alpha value is 0.270. The molecule has 0 amide bonds. The van der Waals surface area contributed by atoms with Crippen LogP contribution in [-0.2, 0) is 0 Å². The van der Waals surface area contributed by atoms with Gasteiger partial charge in [0.15, 0.2) is 0 Å². The number of nitrogens with one attached hydrogen (secondary N) is 1. The fourth-order valence-electron chi connectivity index (χ4n) is 3.31. The Balaban J connectivity index is 1.80. The fourth-order valence-corrected chi connectivity index (χ4v) is 6.34. The van der Waals surface area contributed by atoms with Crippen LogP contribution in [0.15, 0.2) is 0 Å². The average molecular weight is 314 g/mol. The molecule has 0 aromatic carbocycles. The predicted octanol–water partition coefficient (Wildman–Crippen LogP) is 2.77. The van der Waals surface area contributed by atoms with Crippen molar-refractivity contribution in [3.8, 4) is 0 Å². The molecule has 0 aromatic heterocycles. The van der Waals surface area contributed by atoms with E-state index in [1.165, 1.54) is 65.0 Å². The quantitative estimate of drug-likeness (QED) is 0.401. The van der Waals surface area contributed by atoms with Crippen molar-refractivity contribution in [2.24, 2.45) is 0 Å². The molecule has 4 nitrogen and oxygen atoms in total. The van der Waals surface area contributed by atoms with Gasteiger partial charge in [-0.3, -0.25) is 14.2 Å². The van der Waals surface area contributed by atoms with Gasteiger partial charge < -0.3 is 5.32 Å². The molecule has 2 heterocycles. The van der Waals surface area contributed by atoms with Gasteiger partial charge in [-0.2, -0.15) is 0 Å². The topological polar surface area (TPSA) is 21.5 Å². The maximum atomic E-state index is 3.54. The van der Waals surface area contributed by atoms with E-state index in [4.69, 9.17) is 0 Å². The lowest BCUT2D eigenvalue weighted by Crippen LogP contribution is -2.41. The number of fused-ring (bicyclic) bond motifs is 1. The molecule has 2 saturated heterocycles. The van der Waals surface area contributed by atoms with Crippen LogP contribution in [0.4, 0.5) is 0 Å². The molecule has 0 bridgehead atoms. The van der Waals surface area contributed by atoms with Crippen LogP contribution in [0.2, 0.25) is 0 Å². The number of hydrogen-bond acceptors (Lipinski definition) is 4. The summed E-state index contributed by atoms with van der Waals surface area (Å²) in [5, 5.41) is 3.54. The van der Waals surface area contributed by atoms with Crippen LogP contribution >= 0.6 is 8.22 Å². The standard InChI is InChI=1S/C16H35N4P/c1-4-7-16-20-15-13-18(11-9-17-8-5-2)12-14-19(10-6-3)21(16)20/h16-17H,4-15H2,1-3H3/t16?,20?,21-/m0/s1. The Kier molecular flexibility index (Phi) is 7.90. The van der Waals surface area contributed by atoms with E-state index in [1.54, 1.807) is 0 Å². The highest BCUT2D eigenvalue weighted by Crippen LogP contribution is 2.68. The molecule has 124 valence electrons. The normalized spacial score (nSPS) is 30.7. The fraction of sp³-hybridized carbons (Fsp3) is 1.00. The predicted molar refractivity (Wildman–Crippen MR) is 93.8 cm³/mol. The summed E-state index contributed by atoms with van der Waals surface area (Å²) in [6, 6.07) is 0. The van der Waals surface area contributed by atoms with E-state index < -0.39 is 0 Å². The molecule has 2 fully saturated rings. The first-order valence-electron chi connectivity index (χ1n) is 9.05. The lowest BCUT2D eigenvalue weighted by molar-refractivity contribution is 0.233. The van der Waals surface area contributed by atoms with E-state index in [2.05, 4.69) is 40.3 Å². The van der Waals surface area contributed by atoms with Gasteiger partial charge in [0.2, 0.25) is 0 Å². The Morgan fingerprint density at radius 1 is 0.905 bits per heavy atom. The van der Waals surface area contributed by atoms with Crippen LogP contribution in [0.25, 0.3) is 0 Å². The zero-order chi connectivity index (χ0) is 15.1. The highest BCUT2D eigenvalue weighted by molar-refractivity contribution is 7.60. The van der Waals surface area contributed by atoms with E-state index in [0.717, 1.165) is 18.9 Å². The van der Waals surface area contributed by atoms with Gasteiger partial charge in [0, 0.05) is 45.8 Å². The highest BCUT2D eigenvalue weighted by atomic mass is 31.2. The summed E-state index contributed by atoms with van der Waals surface area (Å²) in [5.74, 6) is 0.912. The molecule has 0 saturated carbocycles. The average Bonchev–Trinajstić information content (AvgIpc) is 3.14. The van der Waals surface area contributed by atoms with Gasteiger partial charge in [0.25, 0.3) is 0 Å². The summed E-state index contributed by atoms with van der Waals surface area (Å²) in [6.45, 7) is 16.8. The minimum atomic E-state index is 0.0794. The Morgan fingerprint density at radius 3 is 2.43 bits per heavy atom. The van der Waals surface area contributed by atoms with Crippen molar-refractivity contribution in [1.82, 2.24) is 19.6 Å². The Labute approximate surface area is 133 Å². The van der Waals surface area contributed by atoms with Crippen LogP contribution in [0.5, 0.6) is 0 Å². The van der Waals surface area contributed by atoms with Crippen LogP contribution in [0.1, 0.15) is 46.5 Å². The molecule has 0 aromatic rings. The molecule has 2 rings (SSSR count). The van der Waals surface area contributed by atoms with Crippen molar-refractivity contribution in [1.29, 1.82) is 0 Å². The van der Waals surface area contributed by atoms with Crippen molar-refractivity contribution >= 4 is 8.22 Å². The lowest BCUT2D eigenvalue weighted by Gasteiger charge is -2.30. The van der Waals surface area contributed by atoms with Crippen LogP contribution in [0.3, 0.4) is 0 Å². The van der Waals surface area contributed by atoms with E-state index in [-0.39, 0.29) is 8.22 Å². The van der Waals surface area contributed by atoms with Gasteiger partial charge >= 0.3 is 0 Å². The molecule has 1 N–H and O–H groups in total. The van der Waals surface area contributed by atoms with E-state index in [1.807, 2.05) is 0 Å². The van der Waals surface area contributed by atoms with Gasteiger partial charge in [-0.15, -0.1) is 0 Å². The first kappa shape index (κ1) is 17.6. The molecule has 2 unspecified atom stereocenters. The third-order valence-electron chi connectivity index (χ3n) is 4.49. The molecule has 2 aliphatic heterocycles. The third-order valence-corrected chi connectivity index (χ3v) is 7.31. The van der Waals surface area contributed by atoms with Crippen molar-refractivity contribution < 1.29 is 0 Å². The summed E-state index contributed by atoms with van der Waals surface area (Å²) in [5.41, 5.74) is 0. The second-order valence-corrected chi connectivity index (χ2v) is 8.61. The van der Waals surface area contributed by atoms with E-state index in [9.17, 15) is 0 Å². The van der Waals surface area contributed by atoms with Crippen LogP contribution in [0, 0.1) is 0 Å². The number of nitrogens with zero attached hydrogens (tertiary/aromatic N) is 3. The SMILES string of the molecule is CCCNCCN1CCN(CCC)[P@]2C(CCC)N2CC1. The molecule has 0 aliphatic carbocycles. The molecule has 21 heavy (non-hydrogen) atoms. The lowest BCUT2D eigenvalue weighted by atomic mass is 10.3. The number of rotatable bonds is 9. The minimum absolute atomic E-state index is 0.0794. The van der Waals surface area contributed by atoms with Gasteiger partial charge in [0.05, 0.1) is 14.0 Å². The highest BCUT2D eigenvalue weighted by Gasteiger charge is 2.50. The molecule has 0 spiro atoms. The van der Waals surface area contributed by atoms with Crippen molar-refractivity contribution in [2.45, 2.75) is 52.2 Å². The van der Waals surface area contributed by atoms with Gasteiger partial charge in [0.1, 0.15) is 0 Å². The minimum Gasteiger partial charge on any atom is -0.315 e. The zero-order valence-corrected chi connectivity index (χ0v) is 15.2. The maximum Gasteiger partial charge on any atom is 0.0618 e. The van der Waals surface area contributed by atoms with Gasteiger partial charge in [-0.1, -0.05) is 27.2 Å². The van der Waals surface area contributed by atoms with E-state index >= 15 is 0 Å². The first-order valence-corrected chi connectivity index (χ1v) is 10.4. The Bertz CT molecular complexity index is 289. The van der Waals surface area contributed by atoms with Crippen molar-refractivity contribution in [3.05, 3.63) is 0 Å². The molecule has 2 aliphatic rings. The monoisotopic (exact) mass is 314 g/mol. The second-order valence-electron chi connectivity index (χ2n) is 6.30. The molecular formula is C16H35N4P.